The van der Waals surface area contributed by atoms with Gasteiger partial charge in [0.25, 0.3) is 5.91 Å². The van der Waals surface area contributed by atoms with Crippen molar-refractivity contribution in [1.29, 1.82) is 0 Å². The standard InChI is InChI=1S/C22H26N4O/c1-14-13-23-21(24-14)22(27)26-12-11-17-16-9-5-6-10-18(16)25-19(17)20(26)15-7-3-2-4-8-15/h5-6,9-10,13,15,20,25H,2-4,7-8,11-12H2,1H3,(H,23,24)/t20-/m1/s1. The van der Waals surface area contributed by atoms with Crippen LogP contribution in [0.25, 0.3) is 10.9 Å². The fourth-order valence-corrected chi connectivity index (χ4v) is 5.10. The molecule has 5 rings (SSSR count). The number of para-hydroxylation sites is 1. The van der Waals surface area contributed by atoms with Crippen LogP contribution in [-0.2, 0) is 6.42 Å². The average molecular weight is 362 g/mol. The molecule has 0 radical (unpaired) electrons. The Morgan fingerprint density at radius 2 is 1.96 bits per heavy atom. The highest BCUT2D eigenvalue weighted by atomic mass is 16.2. The first-order valence-electron chi connectivity index (χ1n) is 10.1. The van der Waals surface area contributed by atoms with Gasteiger partial charge >= 0.3 is 0 Å². The summed E-state index contributed by atoms with van der Waals surface area (Å²) in [6.45, 7) is 2.70. The van der Waals surface area contributed by atoms with E-state index in [2.05, 4.69) is 44.1 Å². The molecule has 1 aliphatic heterocycles. The molecule has 2 aliphatic rings. The number of imidazole rings is 1. The van der Waals surface area contributed by atoms with Crippen LogP contribution in [0.15, 0.2) is 30.5 Å². The van der Waals surface area contributed by atoms with Gasteiger partial charge < -0.3 is 14.9 Å². The van der Waals surface area contributed by atoms with Crippen LogP contribution in [0.1, 0.15) is 65.7 Å². The summed E-state index contributed by atoms with van der Waals surface area (Å²) in [4.78, 5) is 26.5. The fraction of sp³-hybridized carbons (Fsp3) is 0.455. The van der Waals surface area contributed by atoms with Crippen LogP contribution in [0, 0.1) is 12.8 Å². The van der Waals surface area contributed by atoms with E-state index in [1.807, 2.05) is 6.92 Å². The van der Waals surface area contributed by atoms with Crippen molar-refractivity contribution in [1.82, 2.24) is 19.9 Å². The van der Waals surface area contributed by atoms with Gasteiger partial charge in [0.2, 0.25) is 0 Å². The van der Waals surface area contributed by atoms with Gasteiger partial charge in [-0.2, -0.15) is 0 Å². The van der Waals surface area contributed by atoms with E-state index in [-0.39, 0.29) is 11.9 Å². The maximum atomic E-state index is 13.3. The minimum absolute atomic E-state index is 0.0305. The Labute approximate surface area is 159 Å². The van der Waals surface area contributed by atoms with Gasteiger partial charge in [-0.05, 0) is 43.7 Å². The van der Waals surface area contributed by atoms with Crippen molar-refractivity contribution in [3.8, 4) is 0 Å². The second-order valence-electron chi connectivity index (χ2n) is 8.07. The van der Waals surface area contributed by atoms with Crippen LogP contribution >= 0.6 is 0 Å². The Morgan fingerprint density at radius 3 is 2.74 bits per heavy atom. The number of H-pyrrole nitrogens is 2. The predicted octanol–water partition coefficient (Wildman–Crippen LogP) is 4.52. The van der Waals surface area contributed by atoms with E-state index in [1.54, 1.807) is 6.20 Å². The number of amides is 1. The number of nitrogens with one attached hydrogen (secondary N) is 2. The van der Waals surface area contributed by atoms with Crippen LogP contribution in [0.4, 0.5) is 0 Å². The molecule has 3 aromatic rings. The number of nitrogens with zero attached hydrogens (tertiary/aromatic N) is 2. The van der Waals surface area contributed by atoms with E-state index in [1.165, 1.54) is 54.3 Å². The maximum absolute atomic E-state index is 13.3. The lowest BCUT2D eigenvalue weighted by atomic mass is 9.79. The van der Waals surface area contributed by atoms with Gasteiger partial charge in [0, 0.05) is 35.0 Å². The number of carbonyl (C=O) groups excluding carboxylic acids is 1. The second-order valence-corrected chi connectivity index (χ2v) is 8.07. The number of fused-ring (bicyclic) bond motifs is 3. The molecule has 2 N–H and O–H groups in total. The summed E-state index contributed by atoms with van der Waals surface area (Å²) in [5.74, 6) is 1.02. The first-order valence-corrected chi connectivity index (χ1v) is 10.1. The van der Waals surface area contributed by atoms with Gasteiger partial charge in [-0.15, -0.1) is 0 Å². The summed E-state index contributed by atoms with van der Waals surface area (Å²) in [7, 11) is 0. The zero-order valence-corrected chi connectivity index (χ0v) is 15.8. The van der Waals surface area contributed by atoms with Gasteiger partial charge in [-0.3, -0.25) is 4.79 Å². The highest BCUT2D eigenvalue weighted by Gasteiger charge is 2.39. The monoisotopic (exact) mass is 362 g/mol. The molecule has 1 amide bonds. The summed E-state index contributed by atoms with van der Waals surface area (Å²) >= 11 is 0. The Bertz CT molecular complexity index is 979. The van der Waals surface area contributed by atoms with E-state index >= 15 is 0 Å². The van der Waals surface area contributed by atoms with E-state index in [0.717, 1.165) is 18.7 Å². The molecule has 1 aromatic carbocycles. The van der Waals surface area contributed by atoms with Crippen LogP contribution in [-0.4, -0.2) is 32.3 Å². The van der Waals surface area contributed by atoms with Crippen LogP contribution in [0.3, 0.4) is 0 Å². The molecule has 1 saturated carbocycles. The molecular formula is C22H26N4O. The Morgan fingerprint density at radius 1 is 1.15 bits per heavy atom. The highest BCUT2D eigenvalue weighted by molar-refractivity contribution is 5.92. The number of aromatic amines is 2. The van der Waals surface area contributed by atoms with E-state index in [9.17, 15) is 4.79 Å². The lowest BCUT2D eigenvalue weighted by Crippen LogP contribution is -2.44. The molecule has 0 saturated heterocycles. The van der Waals surface area contributed by atoms with Crippen molar-refractivity contribution < 1.29 is 4.79 Å². The minimum Gasteiger partial charge on any atom is -0.356 e. The lowest BCUT2D eigenvalue weighted by molar-refractivity contribution is 0.0522. The number of aryl methyl sites for hydroxylation is 1. The van der Waals surface area contributed by atoms with Gasteiger partial charge in [-0.1, -0.05) is 37.5 Å². The third-order valence-corrected chi connectivity index (χ3v) is 6.34. The molecule has 140 valence electrons. The molecule has 5 heteroatoms. The van der Waals surface area contributed by atoms with Crippen molar-refractivity contribution >= 4 is 16.8 Å². The molecule has 1 aliphatic carbocycles. The summed E-state index contributed by atoms with van der Waals surface area (Å²) in [5, 5.41) is 1.31. The second kappa shape index (κ2) is 6.55. The molecule has 27 heavy (non-hydrogen) atoms. The van der Waals surface area contributed by atoms with Crippen LogP contribution in [0.5, 0.6) is 0 Å². The molecule has 0 bridgehead atoms. The van der Waals surface area contributed by atoms with Crippen LogP contribution in [0.2, 0.25) is 0 Å². The van der Waals surface area contributed by atoms with Gasteiger partial charge in [0.15, 0.2) is 5.82 Å². The predicted molar refractivity (Wildman–Crippen MR) is 106 cm³/mol. The molecule has 1 fully saturated rings. The zero-order chi connectivity index (χ0) is 18.4. The summed E-state index contributed by atoms with van der Waals surface area (Å²) < 4.78 is 0. The van der Waals surface area contributed by atoms with Crippen LogP contribution < -0.4 is 0 Å². The Balaban J connectivity index is 1.59. The quantitative estimate of drug-likeness (QED) is 0.704. The zero-order valence-electron chi connectivity index (χ0n) is 15.8. The molecule has 2 aromatic heterocycles. The third kappa shape index (κ3) is 2.76. The van der Waals surface area contributed by atoms with E-state index in [0.29, 0.717) is 11.7 Å². The first kappa shape index (κ1) is 16.6. The van der Waals surface area contributed by atoms with E-state index < -0.39 is 0 Å². The SMILES string of the molecule is Cc1cnc(C(=O)N2CCc3c([nH]c4ccccc34)[C@H]2C2CCCCC2)[nH]1. The lowest BCUT2D eigenvalue weighted by Gasteiger charge is -2.41. The third-order valence-electron chi connectivity index (χ3n) is 6.34. The van der Waals surface area contributed by atoms with Gasteiger partial charge in [0.05, 0.1) is 6.04 Å². The molecular weight excluding hydrogens is 336 g/mol. The summed E-state index contributed by atoms with van der Waals surface area (Å²) in [6.07, 6.45) is 8.86. The Hall–Kier alpha value is -2.56. The number of benzene rings is 1. The fourth-order valence-electron chi connectivity index (χ4n) is 5.10. The van der Waals surface area contributed by atoms with Gasteiger partial charge in [-0.25, -0.2) is 4.98 Å². The highest BCUT2D eigenvalue weighted by Crippen LogP contribution is 2.43. The number of aromatic nitrogens is 3. The van der Waals surface area contributed by atoms with Crippen molar-refractivity contribution in [2.24, 2.45) is 5.92 Å². The number of rotatable bonds is 2. The molecule has 3 heterocycles. The van der Waals surface area contributed by atoms with Gasteiger partial charge in [0.1, 0.15) is 0 Å². The summed E-state index contributed by atoms with van der Waals surface area (Å²) in [6, 6.07) is 8.66. The smallest absolute Gasteiger partial charge is 0.290 e. The largest absolute Gasteiger partial charge is 0.356 e. The molecule has 1 atom stereocenters. The molecule has 0 spiro atoms. The summed E-state index contributed by atoms with van der Waals surface area (Å²) in [5.41, 5.74) is 4.77. The Kier molecular flexibility index (Phi) is 4.03. The van der Waals surface area contributed by atoms with Crippen molar-refractivity contribution in [2.75, 3.05) is 6.54 Å². The number of hydrogen-bond donors (Lipinski definition) is 2. The van der Waals surface area contributed by atoms with Crippen molar-refractivity contribution in [3.05, 3.63) is 53.2 Å². The number of hydrogen-bond acceptors (Lipinski definition) is 2. The topological polar surface area (TPSA) is 64.8 Å². The van der Waals surface area contributed by atoms with Crippen molar-refractivity contribution in [3.63, 3.8) is 0 Å². The van der Waals surface area contributed by atoms with E-state index in [4.69, 9.17) is 0 Å². The normalized spacial score (nSPS) is 20.8. The number of carbonyl (C=O) groups is 1. The minimum atomic E-state index is 0.0305. The van der Waals surface area contributed by atoms with Crippen molar-refractivity contribution in [2.45, 2.75) is 51.5 Å². The molecule has 0 unspecified atom stereocenters. The maximum Gasteiger partial charge on any atom is 0.290 e. The average Bonchev–Trinajstić information content (AvgIpc) is 3.30. The first-order chi connectivity index (χ1) is 13.2. The molecule has 5 nitrogen and oxygen atoms in total.